The van der Waals surface area contributed by atoms with E-state index in [-0.39, 0.29) is 18.3 Å². The SMILES string of the molecule is CCc1nc(C)c(B2OC(C)(C)C(C)(C)O2)c(C)n1. The average molecular weight is 262 g/mol. The molecule has 5 heteroatoms. The number of rotatable bonds is 2. The maximum atomic E-state index is 6.08. The van der Waals surface area contributed by atoms with Gasteiger partial charge in [0.15, 0.2) is 0 Å². The fourth-order valence-corrected chi connectivity index (χ4v) is 2.25. The van der Waals surface area contributed by atoms with Gasteiger partial charge in [0, 0.05) is 23.3 Å². The molecule has 0 N–H and O–H groups in total. The van der Waals surface area contributed by atoms with Crippen LogP contribution in [0.15, 0.2) is 0 Å². The van der Waals surface area contributed by atoms with E-state index in [2.05, 4.69) is 44.6 Å². The molecule has 0 atom stereocenters. The fourth-order valence-electron chi connectivity index (χ4n) is 2.25. The first-order valence-electron chi connectivity index (χ1n) is 6.87. The van der Waals surface area contributed by atoms with E-state index < -0.39 is 0 Å². The Balaban J connectivity index is 2.40. The quantitative estimate of drug-likeness (QED) is 0.764. The molecule has 2 heterocycles. The summed E-state index contributed by atoms with van der Waals surface area (Å²) in [6, 6.07) is 0. The first-order valence-corrected chi connectivity index (χ1v) is 6.87. The van der Waals surface area contributed by atoms with Crippen LogP contribution in [0.5, 0.6) is 0 Å². The van der Waals surface area contributed by atoms with E-state index in [1.54, 1.807) is 0 Å². The van der Waals surface area contributed by atoms with Gasteiger partial charge in [0.1, 0.15) is 5.82 Å². The van der Waals surface area contributed by atoms with Crippen LogP contribution in [-0.4, -0.2) is 28.3 Å². The summed E-state index contributed by atoms with van der Waals surface area (Å²) in [5.41, 5.74) is 2.20. The minimum atomic E-state index is -0.379. The maximum Gasteiger partial charge on any atom is 0.498 e. The minimum Gasteiger partial charge on any atom is -0.399 e. The molecular weight excluding hydrogens is 239 g/mol. The van der Waals surface area contributed by atoms with Crippen molar-refractivity contribution in [2.24, 2.45) is 0 Å². The molecule has 2 rings (SSSR count). The highest BCUT2D eigenvalue weighted by atomic mass is 16.7. The average Bonchev–Trinajstić information content (AvgIpc) is 2.46. The largest absolute Gasteiger partial charge is 0.498 e. The summed E-state index contributed by atoms with van der Waals surface area (Å²) in [5.74, 6) is 0.871. The number of hydrogen-bond acceptors (Lipinski definition) is 4. The van der Waals surface area contributed by atoms with Crippen LogP contribution in [0, 0.1) is 13.8 Å². The lowest BCUT2D eigenvalue weighted by Crippen LogP contribution is -2.41. The highest BCUT2D eigenvalue weighted by molar-refractivity contribution is 6.63. The molecule has 1 aliphatic heterocycles. The highest BCUT2D eigenvalue weighted by Crippen LogP contribution is 2.36. The molecule has 1 fully saturated rings. The molecular formula is C14H23BN2O2. The first-order chi connectivity index (χ1) is 8.68. The molecule has 0 unspecified atom stereocenters. The smallest absolute Gasteiger partial charge is 0.399 e. The van der Waals surface area contributed by atoms with Gasteiger partial charge in [-0.3, -0.25) is 0 Å². The third kappa shape index (κ3) is 2.41. The van der Waals surface area contributed by atoms with Gasteiger partial charge >= 0.3 is 7.12 Å². The molecule has 0 spiro atoms. The van der Waals surface area contributed by atoms with Gasteiger partial charge in [-0.05, 0) is 41.5 Å². The Morgan fingerprint density at radius 1 is 0.947 bits per heavy atom. The Kier molecular flexibility index (Phi) is 3.48. The maximum absolute atomic E-state index is 6.08. The summed E-state index contributed by atoms with van der Waals surface area (Å²) in [5, 5.41) is 0. The molecule has 0 aliphatic carbocycles. The van der Waals surface area contributed by atoms with Gasteiger partial charge in [0.05, 0.1) is 11.2 Å². The van der Waals surface area contributed by atoms with Crippen molar-refractivity contribution in [3.05, 3.63) is 17.2 Å². The molecule has 0 radical (unpaired) electrons. The van der Waals surface area contributed by atoms with Crippen LogP contribution in [0.4, 0.5) is 0 Å². The molecule has 4 nitrogen and oxygen atoms in total. The van der Waals surface area contributed by atoms with E-state index in [9.17, 15) is 0 Å². The summed E-state index contributed by atoms with van der Waals surface area (Å²) in [6.45, 7) is 14.3. The Labute approximate surface area is 116 Å². The second-order valence-corrected chi connectivity index (χ2v) is 6.17. The van der Waals surface area contributed by atoms with Gasteiger partial charge in [-0.1, -0.05) is 6.92 Å². The zero-order chi connectivity index (χ0) is 14.4. The van der Waals surface area contributed by atoms with Crippen molar-refractivity contribution in [2.75, 3.05) is 0 Å². The van der Waals surface area contributed by atoms with E-state index >= 15 is 0 Å². The van der Waals surface area contributed by atoms with Crippen molar-refractivity contribution in [2.45, 2.75) is 66.1 Å². The van der Waals surface area contributed by atoms with E-state index in [0.717, 1.165) is 29.1 Å². The van der Waals surface area contributed by atoms with Crippen molar-refractivity contribution in [3.63, 3.8) is 0 Å². The predicted molar refractivity (Wildman–Crippen MR) is 76.6 cm³/mol. The predicted octanol–water partition coefficient (Wildman–Crippen LogP) is 1.96. The van der Waals surface area contributed by atoms with Crippen LogP contribution in [0.25, 0.3) is 0 Å². The monoisotopic (exact) mass is 262 g/mol. The standard InChI is InChI=1S/C14H23BN2O2/c1-8-11-16-9(2)12(10(3)17-11)15-18-13(4,5)14(6,7)19-15/h8H2,1-7H3. The van der Waals surface area contributed by atoms with Crippen LogP contribution >= 0.6 is 0 Å². The molecule has 0 saturated carbocycles. The van der Waals surface area contributed by atoms with Crippen LogP contribution in [0.2, 0.25) is 0 Å². The summed E-state index contributed by atoms with van der Waals surface area (Å²) in [7, 11) is -0.379. The third-order valence-corrected chi connectivity index (χ3v) is 4.18. The van der Waals surface area contributed by atoms with E-state index in [0.29, 0.717) is 0 Å². The molecule has 104 valence electrons. The topological polar surface area (TPSA) is 44.2 Å². The Bertz CT molecular complexity index is 461. The summed E-state index contributed by atoms with van der Waals surface area (Å²) in [4.78, 5) is 9.04. The van der Waals surface area contributed by atoms with Crippen LogP contribution < -0.4 is 5.46 Å². The Morgan fingerprint density at radius 3 is 1.74 bits per heavy atom. The Morgan fingerprint density at radius 2 is 1.37 bits per heavy atom. The molecule has 0 aromatic carbocycles. The molecule has 1 saturated heterocycles. The zero-order valence-electron chi connectivity index (χ0n) is 13.0. The number of aromatic nitrogens is 2. The van der Waals surface area contributed by atoms with Crippen molar-refractivity contribution < 1.29 is 9.31 Å². The van der Waals surface area contributed by atoms with Crippen LogP contribution in [0.3, 0.4) is 0 Å². The second kappa shape index (κ2) is 4.56. The van der Waals surface area contributed by atoms with E-state index in [1.165, 1.54) is 0 Å². The lowest BCUT2D eigenvalue weighted by molar-refractivity contribution is 0.00578. The Hall–Kier alpha value is -0.935. The third-order valence-electron chi connectivity index (χ3n) is 4.18. The van der Waals surface area contributed by atoms with Gasteiger partial charge in [-0.15, -0.1) is 0 Å². The highest BCUT2D eigenvalue weighted by Gasteiger charge is 2.52. The molecule has 1 aromatic heterocycles. The summed E-state index contributed by atoms with van der Waals surface area (Å²) < 4.78 is 12.2. The number of hydrogen-bond donors (Lipinski definition) is 0. The van der Waals surface area contributed by atoms with E-state index in [1.807, 2.05) is 13.8 Å². The summed E-state index contributed by atoms with van der Waals surface area (Å²) in [6.07, 6.45) is 0.839. The van der Waals surface area contributed by atoms with Crippen molar-refractivity contribution in [1.82, 2.24) is 9.97 Å². The van der Waals surface area contributed by atoms with Crippen LogP contribution in [-0.2, 0) is 15.7 Å². The number of nitrogens with zero attached hydrogens (tertiary/aromatic N) is 2. The minimum absolute atomic E-state index is 0.333. The van der Waals surface area contributed by atoms with Gasteiger partial charge in [-0.2, -0.15) is 0 Å². The molecule has 0 amide bonds. The van der Waals surface area contributed by atoms with Crippen molar-refractivity contribution >= 4 is 12.6 Å². The van der Waals surface area contributed by atoms with Crippen LogP contribution in [0.1, 0.15) is 51.8 Å². The fraction of sp³-hybridized carbons (Fsp3) is 0.714. The van der Waals surface area contributed by atoms with Gasteiger partial charge in [0.2, 0.25) is 0 Å². The molecule has 19 heavy (non-hydrogen) atoms. The second-order valence-electron chi connectivity index (χ2n) is 6.17. The van der Waals surface area contributed by atoms with Crippen molar-refractivity contribution in [1.29, 1.82) is 0 Å². The molecule has 1 aliphatic rings. The number of aryl methyl sites for hydroxylation is 3. The first kappa shape index (κ1) is 14.5. The van der Waals surface area contributed by atoms with Gasteiger partial charge < -0.3 is 9.31 Å². The lowest BCUT2D eigenvalue weighted by atomic mass is 9.76. The molecule has 0 bridgehead atoms. The van der Waals surface area contributed by atoms with E-state index in [4.69, 9.17) is 9.31 Å². The van der Waals surface area contributed by atoms with Crippen molar-refractivity contribution in [3.8, 4) is 0 Å². The normalized spacial score (nSPS) is 20.9. The summed E-state index contributed by atoms with van der Waals surface area (Å²) >= 11 is 0. The van der Waals surface area contributed by atoms with Gasteiger partial charge in [-0.25, -0.2) is 9.97 Å². The molecule has 1 aromatic rings. The zero-order valence-corrected chi connectivity index (χ0v) is 13.0. The van der Waals surface area contributed by atoms with Gasteiger partial charge in [0.25, 0.3) is 0 Å². The lowest BCUT2D eigenvalue weighted by Gasteiger charge is -2.32.